The number of hydrogen-bond acceptors (Lipinski definition) is 7. The maximum atomic E-state index is 13.0. The molecule has 1 amide bonds. The Bertz CT molecular complexity index is 1170. The number of benzene rings is 2. The zero-order chi connectivity index (χ0) is 24.7. The molecule has 10 nitrogen and oxygen atoms in total. The normalized spacial score (nSPS) is 16.5. The third-order valence-corrected chi connectivity index (χ3v) is 7.11. The Balaban J connectivity index is 1.68. The molecule has 0 radical (unpaired) electrons. The minimum atomic E-state index is -3.87. The fourth-order valence-corrected chi connectivity index (χ4v) is 5.19. The predicted molar refractivity (Wildman–Crippen MR) is 125 cm³/mol. The highest BCUT2D eigenvalue weighted by molar-refractivity contribution is 7.89. The summed E-state index contributed by atoms with van der Waals surface area (Å²) in [4.78, 5) is 23.5. The number of hydrazone groups is 1. The molecule has 182 valence electrons. The van der Waals surface area contributed by atoms with Crippen molar-refractivity contribution in [2.24, 2.45) is 5.10 Å². The van der Waals surface area contributed by atoms with Gasteiger partial charge in [-0.2, -0.15) is 9.41 Å². The number of aliphatic carboxylic acids is 1. The van der Waals surface area contributed by atoms with Gasteiger partial charge in [0.25, 0.3) is 5.91 Å². The number of rotatable bonds is 10. The van der Waals surface area contributed by atoms with E-state index in [2.05, 4.69) is 10.5 Å². The summed E-state index contributed by atoms with van der Waals surface area (Å²) in [6.07, 6.45) is 2.29. The molecule has 1 fully saturated rings. The van der Waals surface area contributed by atoms with Crippen LogP contribution >= 0.6 is 11.6 Å². The largest absolute Gasteiger partial charge is 0.490 e. The third kappa shape index (κ3) is 6.25. The standard InChI is InChI=1S/C22H24ClN3O7S/c1-2-32-20-12-15(5-10-19(20)33-14-21(27)28)13-24-25-22(29)18-4-3-11-26(18)34(30,31)17-8-6-16(23)7-9-17/h5-10,12-13,18H,2-4,11,14H2,1H3,(H,25,29)(H,27,28)/b24-13-/t18-/m0/s1. The third-order valence-electron chi connectivity index (χ3n) is 4.93. The van der Waals surface area contributed by atoms with Crippen molar-refractivity contribution < 1.29 is 32.6 Å². The van der Waals surface area contributed by atoms with Crippen LogP contribution in [0.1, 0.15) is 25.3 Å². The van der Waals surface area contributed by atoms with Gasteiger partial charge in [-0.25, -0.2) is 18.6 Å². The second-order valence-electron chi connectivity index (χ2n) is 7.28. The van der Waals surface area contributed by atoms with E-state index in [4.69, 9.17) is 26.2 Å². The van der Waals surface area contributed by atoms with Gasteiger partial charge < -0.3 is 14.6 Å². The number of carbonyl (C=O) groups excluding carboxylic acids is 1. The van der Waals surface area contributed by atoms with Crippen LogP contribution in [-0.4, -0.2) is 61.7 Å². The Kier molecular flexibility index (Phi) is 8.48. The van der Waals surface area contributed by atoms with Gasteiger partial charge in [0.1, 0.15) is 6.04 Å². The maximum Gasteiger partial charge on any atom is 0.341 e. The fourth-order valence-electron chi connectivity index (χ4n) is 3.41. The van der Waals surface area contributed by atoms with Gasteiger partial charge in [0, 0.05) is 11.6 Å². The maximum absolute atomic E-state index is 13.0. The second kappa shape index (κ2) is 11.3. The minimum absolute atomic E-state index is 0.0637. The number of nitrogens with one attached hydrogen (secondary N) is 1. The lowest BCUT2D eigenvalue weighted by molar-refractivity contribution is -0.139. The highest BCUT2D eigenvalue weighted by atomic mass is 35.5. The fraction of sp³-hybridized carbons (Fsp3) is 0.318. The number of ether oxygens (including phenoxy) is 2. The van der Waals surface area contributed by atoms with Crippen LogP contribution in [-0.2, 0) is 19.6 Å². The molecule has 1 aliphatic heterocycles. The first kappa shape index (κ1) is 25.5. The Labute approximate surface area is 202 Å². The number of hydrogen-bond donors (Lipinski definition) is 2. The monoisotopic (exact) mass is 509 g/mol. The quantitative estimate of drug-likeness (QED) is 0.371. The number of amides is 1. The van der Waals surface area contributed by atoms with Gasteiger partial charge in [-0.3, -0.25) is 4.79 Å². The van der Waals surface area contributed by atoms with Crippen molar-refractivity contribution in [3.8, 4) is 11.5 Å². The topological polar surface area (TPSA) is 135 Å². The minimum Gasteiger partial charge on any atom is -0.490 e. The van der Waals surface area contributed by atoms with Crippen LogP contribution in [0, 0.1) is 0 Å². The molecule has 12 heteroatoms. The molecule has 34 heavy (non-hydrogen) atoms. The van der Waals surface area contributed by atoms with Gasteiger partial charge in [0.15, 0.2) is 18.1 Å². The molecule has 1 heterocycles. The van der Waals surface area contributed by atoms with E-state index in [1.54, 1.807) is 19.1 Å². The number of carboxylic acids is 1. The molecular weight excluding hydrogens is 486 g/mol. The van der Waals surface area contributed by atoms with Crippen molar-refractivity contribution in [2.75, 3.05) is 19.8 Å². The number of sulfonamides is 1. The van der Waals surface area contributed by atoms with Crippen LogP contribution in [0.15, 0.2) is 52.5 Å². The van der Waals surface area contributed by atoms with Gasteiger partial charge in [-0.1, -0.05) is 11.6 Å². The molecule has 2 aromatic rings. The van der Waals surface area contributed by atoms with Gasteiger partial charge in [-0.15, -0.1) is 0 Å². The van der Waals surface area contributed by atoms with Crippen LogP contribution in [0.2, 0.25) is 5.02 Å². The average molecular weight is 510 g/mol. The van der Waals surface area contributed by atoms with Crippen molar-refractivity contribution in [3.63, 3.8) is 0 Å². The van der Waals surface area contributed by atoms with E-state index < -0.39 is 34.5 Å². The van der Waals surface area contributed by atoms with Crippen LogP contribution in [0.25, 0.3) is 0 Å². The average Bonchev–Trinajstić information content (AvgIpc) is 3.30. The number of carboxylic acid groups (broad SMARTS) is 1. The Morgan fingerprint density at radius 2 is 1.94 bits per heavy atom. The summed E-state index contributed by atoms with van der Waals surface area (Å²) in [5.74, 6) is -1.07. The van der Waals surface area contributed by atoms with Crippen molar-refractivity contribution in [2.45, 2.75) is 30.7 Å². The van der Waals surface area contributed by atoms with Crippen LogP contribution < -0.4 is 14.9 Å². The van der Waals surface area contributed by atoms with Crippen LogP contribution in [0.5, 0.6) is 11.5 Å². The lowest BCUT2D eigenvalue weighted by Gasteiger charge is -2.22. The molecule has 3 rings (SSSR count). The van der Waals surface area contributed by atoms with E-state index in [1.807, 2.05) is 0 Å². The van der Waals surface area contributed by atoms with Crippen molar-refractivity contribution in [3.05, 3.63) is 53.1 Å². The summed E-state index contributed by atoms with van der Waals surface area (Å²) >= 11 is 5.85. The molecule has 0 unspecified atom stereocenters. The molecule has 0 aromatic heterocycles. The highest BCUT2D eigenvalue weighted by Gasteiger charge is 2.39. The van der Waals surface area contributed by atoms with Gasteiger partial charge in [0.2, 0.25) is 10.0 Å². The summed E-state index contributed by atoms with van der Waals surface area (Å²) in [6, 6.07) is 9.63. The van der Waals surface area contributed by atoms with E-state index in [-0.39, 0.29) is 17.2 Å². The lowest BCUT2D eigenvalue weighted by Crippen LogP contribution is -2.44. The van der Waals surface area contributed by atoms with E-state index in [0.29, 0.717) is 35.8 Å². The van der Waals surface area contributed by atoms with Crippen molar-refractivity contribution in [1.29, 1.82) is 0 Å². The molecule has 1 aliphatic rings. The molecule has 0 saturated carbocycles. The van der Waals surface area contributed by atoms with Crippen LogP contribution in [0.4, 0.5) is 0 Å². The summed E-state index contributed by atoms with van der Waals surface area (Å²) in [7, 11) is -3.87. The molecule has 1 atom stereocenters. The Hall–Kier alpha value is -3.15. The summed E-state index contributed by atoms with van der Waals surface area (Å²) in [5, 5.41) is 13.1. The summed E-state index contributed by atoms with van der Waals surface area (Å²) in [5.41, 5.74) is 2.95. The molecule has 1 saturated heterocycles. The summed E-state index contributed by atoms with van der Waals surface area (Å²) in [6.45, 7) is 1.82. The van der Waals surface area contributed by atoms with Gasteiger partial charge in [0.05, 0.1) is 17.7 Å². The predicted octanol–water partition coefficient (Wildman–Crippen LogP) is 2.51. The van der Waals surface area contributed by atoms with Crippen molar-refractivity contribution >= 4 is 39.7 Å². The Morgan fingerprint density at radius 3 is 2.62 bits per heavy atom. The van der Waals surface area contributed by atoms with Gasteiger partial charge in [-0.05, 0) is 67.8 Å². The molecular formula is C22H24ClN3O7S. The SMILES string of the molecule is CCOc1cc(/C=N\NC(=O)[C@@H]2CCCN2S(=O)(=O)c2ccc(Cl)cc2)ccc1OCC(=O)O. The zero-order valence-electron chi connectivity index (χ0n) is 18.3. The van der Waals surface area contributed by atoms with Crippen molar-refractivity contribution in [1.82, 2.24) is 9.73 Å². The van der Waals surface area contributed by atoms with Crippen LogP contribution in [0.3, 0.4) is 0 Å². The first-order valence-corrected chi connectivity index (χ1v) is 12.3. The number of halogens is 1. The molecule has 2 aromatic carbocycles. The van der Waals surface area contributed by atoms with Gasteiger partial charge >= 0.3 is 5.97 Å². The first-order valence-electron chi connectivity index (χ1n) is 10.4. The molecule has 2 N–H and O–H groups in total. The van der Waals surface area contributed by atoms with E-state index in [1.165, 1.54) is 40.9 Å². The number of nitrogens with zero attached hydrogens (tertiary/aromatic N) is 2. The van der Waals surface area contributed by atoms with E-state index in [9.17, 15) is 18.0 Å². The smallest absolute Gasteiger partial charge is 0.341 e. The second-order valence-corrected chi connectivity index (χ2v) is 9.61. The zero-order valence-corrected chi connectivity index (χ0v) is 19.9. The highest BCUT2D eigenvalue weighted by Crippen LogP contribution is 2.29. The molecule has 0 aliphatic carbocycles. The number of carbonyl (C=O) groups is 2. The van der Waals surface area contributed by atoms with E-state index in [0.717, 1.165) is 0 Å². The Morgan fingerprint density at radius 1 is 1.21 bits per heavy atom. The molecule has 0 bridgehead atoms. The lowest BCUT2D eigenvalue weighted by atomic mass is 10.2. The first-order chi connectivity index (χ1) is 16.2. The molecule has 0 spiro atoms. The van der Waals surface area contributed by atoms with E-state index >= 15 is 0 Å². The summed E-state index contributed by atoms with van der Waals surface area (Å²) < 4.78 is 37.8.